The lowest BCUT2D eigenvalue weighted by Gasteiger charge is -2.12. The molecule has 0 spiro atoms. The van der Waals surface area contributed by atoms with Gasteiger partial charge in [-0.05, 0) is 55.0 Å². The summed E-state index contributed by atoms with van der Waals surface area (Å²) >= 11 is 10.9. The summed E-state index contributed by atoms with van der Waals surface area (Å²) in [6.45, 7) is 5.83. The molecule has 100 valence electrons. The molecular weight excluding hydrogens is 346 g/mol. The second kappa shape index (κ2) is 5.65. The summed E-state index contributed by atoms with van der Waals surface area (Å²) in [4.78, 5) is 12.8. The summed E-state index contributed by atoms with van der Waals surface area (Å²) in [6.07, 6.45) is 0. The zero-order chi connectivity index (χ0) is 14.2. The average molecular weight is 359 g/mol. The van der Waals surface area contributed by atoms with Crippen molar-refractivity contribution in [1.82, 2.24) is 0 Å². The molecule has 1 heterocycles. The van der Waals surface area contributed by atoms with Crippen LogP contribution in [-0.4, -0.2) is 5.91 Å². The van der Waals surface area contributed by atoms with Gasteiger partial charge in [-0.25, -0.2) is 0 Å². The molecule has 1 aromatic heterocycles. The van der Waals surface area contributed by atoms with Gasteiger partial charge in [0.15, 0.2) is 0 Å². The van der Waals surface area contributed by atoms with Crippen LogP contribution in [0.25, 0.3) is 0 Å². The highest BCUT2D eigenvalue weighted by atomic mass is 79.9. The quantitative estimate of drug-likeness (QED) is 0.771. The maximum atomic E-state index is 12.2. The highest BCUT2D eigenvalue weighted by Gasteiger charge is 2.16. The minimum atomic E-state index is -0.156. The Morgan fingerprint density at radius 3 is 2.26 bits per heavy atom. The van der Waals surface area contributed by atoms with Crippen molar-refractivity contribution in [2.75, 3.05) is 5.32 Å². The maximum Gasteiger partial charge on any atom is 0.267 e. The van der Waals surface area contributed by atoms with E-state index in [0.717, 1.165) is 26.9 Å². The van der Waals surface area contributed by atoms with E-state index in [-0.39, 0.29) is 5.91 Å². The molecule has 0 aliphatic rings. The lowest BCUT2D eigenvalue weighted by atomic mass is 10.1. The van der Waals surface area contributed by atoms with E-state index in [1.54, 1.807) is 0 Å². The summed E-state index contributed by atoms with van der Waals surface area (Å²) in [5, 5.41) is 5.37. The molecule has 0 saturated heterocycles. The molecule has 0 fully saturated rings. The first-order chi connectivity index (χ1) is 8.90. The molecule has 0 aliphatic carbocycles. The van der Waals surface area contributed by atoms with E-state index in [1.165, 1.54) is 11.3 Å². The van der Waals surface area contributed by atoms with E-state index in [2.05, 4.69) is 21.2 Å². The number of aryl methyl sites for hydroxylation is 3. The van der Waals surface area contributed by atoms with E-state index in [4.69, 9.17) is 11.6 Å². The molecule has 0 radical (unpaired) electrons. The standard InChI is InChI=1S/C14H13BrClNOS/c1-7-4-10(15)5-8(2)12(7)17-14(18)13-11(16)9(3)6-19-13/h4-6H,1-3H3,(H,17,18). The van der Waals surface area contributed by atoms with Crippen LogP contribution in [0.2, 0.25) is 5.02 Å². The van der Waals surface area contributed by atoms with Gasteiger partial charge in [-0.15, -0.1) is 11.3 Å². The van der Waals surface area contributed by atoms with Crippen molar-refractivity contribution in [2.45, 2.75) is 20.8 Å². The Morgan fingerprint density at radius 1 is 1.21 bits per heavy atom. The lowest BCUT2D eigenvalue weighted by Crippen LogP contribution is -2.13. The van der Waals surface area contributed by atoms with Crippen molar-refractivity contribution >= 4 is 50.5 Å². The molecule has 19 heavy (non-hydrogen) atoms. The van der Waals surface area contributed by atoms with E-state index in [0.29, 0.717) is 9.90 Å². The molecule has 5 heteroatoms. The van der Waals surface area contributed by atoms with Crippen molar-refractivity contribution in [2.24, 2.45) is 0 Å². The van der Waals surface area contributed by atoms with Crippen molar-refractivity contribution in [3.63, 3.8) is 0 Å². The zero-order valence-electron chi connectivity index (χ0n) is 10.8. The van der Waals surface area contributed by atoms with E-state index >= 15 is 0 Å². The van der Waals surface area contributed by atoms with Crippen LogP contribution in [0.15, 0.2) is 22.0 Å². The maximum absolute atomic E-state index is 12.2. The lowest BCUT2D eigenvalue weighted by molar-refractivity contribution is 0.103. The van der Waals surface area contributed by atoms with E-state index in [9.17, 15) is 4.79 Å². The molecule has 2 rings (SSSR count). The van der Waals surface area contributed by atoms with Crippen LogP contribution < -0.4 is 5.32 Å². The summed E-state index contributed by atoms with van der Waals surface area (Å²) in [5.41, 5.74) is 3.81. The Morgan fingerprint density at radius 2 is 1.79 bits per heavy atom. The Hall–Kier alpha value is -0.840. The molecule has 1 amide bonds. The minimum absolute atomic E-state index is 0.156. The van der Waals surface area contributed by atoms with Crippen LogP contribution in [0.5, 0.6) is 0 Å². The second-order valence-corrected chi connectivity index (χ2v) is 6.60. The van der Waals surface area contributed by atoms with E-state index in [1.807, 2.05) is 38.3 Å². The largest absolute Gasteiger partial charge is 0.321 e. The van der Waals surface area contributed by atoms with Crippen LogP contribution >= 0.6 is 38.9 Å². The summed E-state index contributed by atoms with van der Waals surface area (Å²) in [7, 11) is 0. The third kappa shape index (κ3) is 3.02. The van der Waals surface area contributed by atoms with Gasteiger partial charge in [0.2, 0.25) is 0 Å². The number of nitrogens with one attached hydrogen (secondary N) is 1. The second-order valence-electron chi connectivity index (χ2n) is 4.43. The first kappa shape index (κ1) is 14.6. The molecule has 0 unspecified atom stereocenters. The first-order valence-corrected chi connectivity index (χ1v) is 7.77. The van der Waals surface area contributed by atoms with Gasteiger partial charge in [0.1, 0.15) is 4.88 Å². The van der Waals surface area contributed by atoms with Gasteiger partial charge in [-0.3, -0.25) is 4.79 Å². The topological polar surface area (TPSA) is 29.1 Å². The SMILES string of the molecule is Cc1csc(C(=O)Nc2c(C)cc(Br)cc2C)c1Cl. The molecular formula is C14H13BrClNOS. The van der Waals surface area contributed by atoms with Crippen LogP contribution in [0, 0.1) is 20.8 Å². The summed E-state index contributed by atoms with van der Waals surface area (Å²) in [5.74, 6) is -0.156. The van der Waals surface area contributed by atoms with Crippen molar-refractivity contribution < 1.29 is 4.79 Å². The fourth-order valence-electron chi connectivity index (χ4n) is 1.86. The minimum Gasteiger partial charge on any atom is -0.321 e. The van der Waals surface area contributed by atoms with Gasteiger partial charge in [-0.2, -0.15) is 0 Å². The molecule has 1 aromatic carbocycles. The predicted molar refractivity (Wildman–Crippen MR) is 85.6 cm³/mol. The number of anilines is 1. The molecule has 2 aromatic rings. The monoisotopic (exact) mass is 357 g/mol. The van der Waals surface area contributed by atoms with Crippen LogP contribution in [-0.2, 0) is 0 Å². The fourth-order valence-corrected chi connectivity index (χ4v) is 3.72. The number of amides is 1. The van der Waals surface area contributed by atoms with Gasteiger partial charge in [0.25, 0.3) is 5.91 Å². The Labute approximate surface area is 129 Å². The highest BCUT2D eigenvalue weighted by Crippen LogP contribution is 2.30. The average Bonchev–Trinajstić information content (AvgIpc) is 2.64. The van der Waals surface area contributed by atoms with Crippen LogP contribution in [0.3, 0.4) is 0 Å². The number of thiophene rings is 1. The van der Waals surface area contributed by atoms with E-state index < -0.39 is 0 Å². The number of carbonyl (C=O) groups is 1. The van der Waals surface area contributed by atoms with Gasteiger partial charge in [0, 0.05) is 10.2 Å². The van der Waals surface area contributed by atoms with Crippen LogP contribution in [0.4, 0.5) is 5.69 Å². The Balaban J connectivity index is 2.32. The molecule has 0 bridgehead atoms. The number of halogens is 2. The molecule has 0 aliphatic heterocycles. The predicted octanol–water partition coefficient (Wildman–Crippen LogP) is 5.34. The third-order valence-electron chi connectivity index (χ3n) is 2.84. The molecule has 0 atom stereocenters. The number of benzene rings is 1. The van der Waals surface area contributed by atoms with Gasteiger partial charge in [0.05, 0.1) is 5.02 Å². The highest BCUT2D eigenvalue weighted by molar-refractivity contribution is 9.10. The molecule has 0 saturated carbocycles. The fraction of sp³-hybridized carbons (Fsp3) is 0.214. The van der Waals surface area contributed by atoms with Gasteiger partial charge < -0.3 is 5.32 Å². The zero-order valence-corrected chi connectivity index (χ0v) is 14.0. The Kier molecular flexibility index (Phi) is 4.33. The summed E-state index contributed by atoms with van der Waals surface area (Å²) < 4.78 is 1.01. The molecule has 2 nitrogen and oxygen atoms in total. The van der Waals surface area contributed by atoms with Crippen molar-refractivity contribution in [1.29, 1.82) is 0 Å². The van der Waals surface area contributed by atoms with Gasteiger partial charge >= 0.3 is 0 Å². The number of hydrogen-bond donors (Lipinski definition) is 1. The third-order valence-corrected chi connectivity index (χ3v) is 4.99. The Bertz CT molecular complexity index is 628. The van der Waals surface area contributed by atoms with Gasteiger partial charge in [-0.1, -0.05) is 27.5 Å². The summed E-state index contributed by atoms with van der Waals surface area (Å²) in [6, 6.07) is 3.95. The number of carbonyl (C=O) groups excluding carboxylic acids is 1. The van der Waals surface area contributed by atoms with Crippen molar-refractivity contribution in [3.8, 4) is 0 Å². The molecule has 1 N–H and O–H groups in total. The normalized spacial score (nSPS) is 10.6. The number of rotatable bonds is 2. The smallest absolute Gasteiger partial charge is 0.267 e. The first-order valence-electron chi connectivity index (χ1n) is 5.72. The number of hydrogen-bond acceptors (Lipinski definition) is 2. The van der Waals surface area contributed by atoms with Crippen LogP contribution in [0.1, 0.15) is 26.4 Å². The van der Waals surface area contributed by atoms with Crippen molar-refractivity contribution in [3.05, 3.63) is 48.6 Å².